The molecule has 0 radical (unpaired) electrons. The zero-order chi connectivity index (χ0) is 27.9. The van der Waals surface area contributed by atoms with E-state index in [1.165, 1.54) is 76.5 Å². The van der Waals surface area contributed by atoms with Crippen LogP contribution in [0.15, 0.2) is 109 Å². The van der Waals surface area contributed by atoms with Gasteiger partial charge in [-0.1, -0.05) is 119 Å². The molecule has 1 aliphatic rings. The Kier molecular flexibility index (Phi) is 5.19. The molecule has 0 saturated heterocycles. The van der Waals surface area contributed by atoms with Crippen LogP contribution >= 0.6 is 0 Å². The zero-order valence-electron chi connectivity index (χ0n) is 24.1. The topological polar surface area (TPSA) is 12.9 Å². The predicted molar refractivity (Wildman–Crippen MR) is 176 cm³/mol. The predicted octanol–water partition coefficient (Wildman–Crippen LogP) is 10.9. The standard InChI is InChI=1S/C40H33N/c1-24(2)19-25-13-14-27-23-41-37(22-28(27)20-25)26-15-18-36-35(21-26)34-17-16-33-31-11-6-5-9-29(31)30-10-7-8-12-32(30)38(33)39(34)40(36,3)4/h5-18,20-24H,19H2,1-4H3. The summed E-state index contributed by atoms with van der Waals surface area (Å²) >= 11 is 0. The molecule has 6 aromatic carbocycles. The van der Waals surface area contributed by atoms with Crippen LogP contribution in [0.1, 0.15) is 44.4 Å². The Morgan fingerprint density at radius 3 is 2.05 bits per heavy atom. The summed E-state index contributed by atoms with van der Waals surface area (Å²) in [6.45, 7) is 9.34. The summed E-state index contributed by atoms with van der Waals surface area (Å²) in [5.41, 5.74) is 8.99. The summed E-state index contributed by atoms with van der Waals surface area (Å²) < 4.78 is 0. The molecule has 41 heavy (non-hydrogen) atoms. The fourth-order valence-electron chi connectivity index (χ4n) is 7.42. The molecule has 7 aromatic rings. The van der Waals surface area contributed by atoms with Crippen LogP contribution in [-0.2, 0) is 11.8 Å². The van der Waals surface area contributed by atoms with E-state index in [-0.39, 0.29) is 5.41 Å². The monoisotopic (exact) mass is 527 g/mol. The Bertz CT molecular complexity index is 2150. The maximum absolute atomic E-state index is 4.91. The van der Waals surface area contributed by atoms with E-state index in [4.69, 9.17) is 4.98 Å². The smallest absolute Gasteiger partial charge is 0.0708 e. The normalized spacial score (nSPS) is 13.9. The molecule has 0 N–H and O–H groups in total. The van der Waals surface area contributed by atoms with Gasteiger partial charge in [-0.15, -0.1) is 0 Å². The summed E-state index contributed by atoms with van der Waals surface area (Å²) in [4.78, 5) is 4.91. The molecule has 0 amide bonds. The van der Waals surface area contributed by atoms with Gasteiger partial charge in [0, 0.05) is 22.6 Å². The Morgan fingerprint density at radius 1 is 0.634 bits per heavy atom. The molecule has 1 nitrogen and oxygen atoms in total. The Hall–Kier alpha value is -4.49. The van der Waals surface area contributed by atoms with Gasteiger partial charge in [0.1, 0.15) is 0 Å². The maximum atomic E-state index is 4.91. The van der Waals surface area contributed by atoms with E-state index in [1.54, 1.807) is 0 Å². The second-order valence-electron chi connectivity index (χ2n) is 12.7. The Labute approximate surface area is 241 Å². The van der Waals surface area contributed by atoms with Gasteiger partial charge in [0.25, 0.3) is 0 Å². The van der Waals surface area contributed by atoms with Crippen LogP contribution in [0.4, 0.5) is 0 Å². The van der Waals surface area contributed by atoms with Crippen molar-refractivity contribution in [3.8, 4) is 22.4 Å². The van der Waals surface area contributed by atoms with Crippen LogP contribution in [0.2, 0.25) is 0 Å². The van der Waals surface area contributed by atoms with Crippen LogP contribution in [0.25, 0.3) is 65.5 Å². The summed E-state index contributed by atoms with van der Waals surface area (Å²) in [6, 6.07) is 38.6. The second kappa shape index (κ2) is 8.75. The van der Waals surface area contributed by atoms with E-state index in [2.05, 4.69) is 131 Å². The van der Waals surface area contributed by atoms with Gasteiger partial charge in [-0.05, 0) is 90.0 Å². The third kappa shape index (κ3) is 3.58. The van der Waals surface area contributed by atoms with Gasteiger partial charge in [0.2, 0.25) is 0 Å². The van der Waals surface area contributed by atoms with Gasteiger partial charge in [-0.2, -0.15) is 0 Å². The van der Waals surface area contributed by atoms with E-state index in [0.29, 0.717) is 5.92 Å². The lowest BCUT2D eigenvalue weighted by atomic mass is 9.78. The van der Waals surface area contributed by atoms with Crippen molar-refractivity contribution < 1.29 is 0 Å². The molecule has 0 unspecified atom stereocenters. The summed E-state index contributed by atoms with van der Waals surface area (Å²) in [5, 5.41) is 10.5. The summed E-state index contributed by atoms with van der Waals surface area (Å²) in [6.07, 6.45) is 3.12. The van der Waals surface area contributed by atoms with Gasteiger partial charge in [-0.25, -0.2) is 0 Å². The van der Waals surface area contributed by atoms with Gasteiger partial charge >= 0.3 is 0 Å². The molecule has 0 spiro atoms. The highest BCUT2D eigenvalue weighted by Gasteiger charge is 2.37. The molecule has 198 valence electrons. The van der Waals surface area contributed by atoms with E-state index in [1.807, 2.05) is 6.20 Å². The molecular weight excluding hydrogens is 494 g/mol. The first kappa shape index (κ1) is 24.3. The molecule has 1 aromatic heterocycles. The van der Waals surface area contributed by atoms with Crippen LogP contribution in [0, 0.1) is 5.92 Å². The maximum Gasteiger partial charge on any atom is 0.0708 e. The number of pyridine rings is 1. The second-order valence-corrected chi connectivity index (χ2v) is 12.7. The van der Waals surface area contributed by atoms with Crippen molar-refractivity contribution in [1.29, 1.82) is 0 Å². The first-order chi connectivity index (χ1) is 19.9. The van der Waals surface area contributed by atoms with E-state index in [9.17, 15) is 0 Å². The number of aromatic nitrogens is 1. The van der Waals surface area contributed by atoms with Crippen molar-refractivity contribution in [1.82, 2.24) is 4.98 Å². The average Bonchev–Trinajstić information content (AvgIpc) is 3.22. The summed E-state index contributed by atoms with van der Waals surface area (Å²) in [5.74, 6) is 0.639. The molecule has 0 saturated carbocycles. The van der Waals surface area contributed by atoms with Crippen molar-refractivity contribution in [3.05, 3.63) is 126 Å². The van der Waals surface area contributed by atoms with Gasteiger partial charge in [-0.3, -0.25) is 4.98 Å². The average molecular weight is 528 g/mol. The molecule has 0 fully saturated rings. The van der Waals surface area contributed by atoms with Crippen molar-refractivity contribution in [3.63, 3.8) is 0 Å². The minimum absolute atomic E-state index is 0.115. The minimum atomic E-state index is -0.115. The highest BCUT2D eigenvalue weighted by Crippen LogP contribution is 2.54. The van der Waals surface area contributed by atoms with Crippen molar-refractivity contribution in [2.24, 2.45) is 5.92 Å². The van der Waals surface area contributed by atoms with Crippen LogP contribution in [-0.4, -0.2) is 4.98 Å². The molecule has 0 atom stereocenters. The lowest BCUT2D eigenvalue weighted by molar-refractivity contribution is 0.648. The van der Waals surface area contributed by atoms with E-state index in [0.717, 1.165) is 12.1 Å². The molecule has 1 heteroatoms. The number of benzene rings is 6. The van der Waals surface area contributed by atoms with E-state index < -0.39 is 0 Å². The third-order valence-corrected chi connectivity index (χ3v) is 9.24. The molecule has 0 aliphatic heterocycles. The fourth-order valence-corrected chi connectivity index (χ4v) is 7.42. The zero-order valence-corrected chi connectivity index (χ0v) is 24.1. The molecule has 8 rings (SSSR count). The fraction of sp³-hybridized carbons (Fsp3) is 0.175. The molecule has 0 bridgehead atoms. The van der Waals surface area contributed by atoms with Crippen LogP contribution in [0.3, 0.4) is 0 Å². The molecule has 1 aliphatic carbocycles. The molecule has 1 heterocycles. The van der Waals surface area contributed by atoms with Crippen molar-refractivity contribution in [2.45, 2.75) is 39.5 Å². The Balaban J connectivity index is 1.35. The van der Waals surface area contributed by atoms with Crippen LogP contribution < -0.4 is 0 Å². The third-order valence-electron chi connectivity index (χ3n) is 9.24. The number of rotatable bonds is 3. The largest absolute Gasteiger partial charge is 0.256 e. The van der Waals surface area contributed by atoms with Gasteiger partial charge in [0.15, 0.2) is 0 Å². The molecular formula is C40H33N. The van der Waals surface area contributed by atoms with E-state index >= 15 is 0 Å². The van der Waals surface area contributed by atoms with Crippen molar-refractivity contribution in [2.75, 3.05) is 0 Å². The minimum Gasteiger partial charge on any atom is -0.256 e. The lowest BCUT2D eigenvalue weighted by Gasteiger charge is -2.24. The van der Waals surface area contributed by atoms with Gasteiger partial charge < -0.3 is 0 Å². The first-order valence-electron chi connectivity index (χ1n) is 14.8. The highest BCUT2D eigenvalue weighted by molar-refractivity contribution is 6.27. The number of hydrogen-bond acceptors (Lipinski definition) is 1. The first-order valence-corrected chi connectivity index (χ1v) is 14.8. The number of nitrogens with zero attached hydrogens (tertiary/aromatic N) is 1. The van der Waals surface area contributed by atoms with Gasteiger partial charge in [0.05, 0.1) is 5.69 Å². The number of fused-ring (bicyclic) bond motifs is 11. The number of hydrogen-bond donors (Lipinski definition) is 0. The highest BCUT2D eigenvalue weighted by atomic mass is 14.7. The van der Waals surface area contributed by atoms with Crippen molar-refractivity contribution >= 4 is 43.1 Å². The summed E-state index contributed by atoms with van der Waals surface area (Å²) in [7, 11) is 0. The lowest BCUT2D eigenvalue weighted by Crippen LogP contribution is -2.15. The SMILES string of the molecule is CC(C)Cc1ccc2cnc(-c3ccc4c(c3)-c3ccc5c6ccccc6c6ccccc6c5c3C4(C)C)cc2c1. The quantitative estimate of drug-likeness (QED) is 0.208. The van der Waals surface area contributed by atoms with Crippen LogP contribution in [0.5, 0.6) is 0 Å². The Morgan fingerprint density at radius 2 is 1.32 bits per heavy atom.